The monoisotopic (exact) mass is 179 g/mol. The van der Waals surface area contributed by atoms with Gasteiger partial charge in [-0.2, -0.15) is 5.10 Å². The lowest BCUT2D eigenvalue weighted by molar-refractivity contribution is 0.863. The minimum atomic E-state index is 0.766. The highest BCUT2D eigenvalue weighted by molar-refractivity contribution is 5.59. The summed E-state index contributed by atoms with van der Waals surface area (Å²) in [6, 6.07) is 0. The summed E-state index contributed by atoms with van der Waals surface area (Å²) in [5.41, 5.74) is 2.84. The van der Waals surface area contributed by atoms with Crippen molar-refractivity contribution in [3.63, 3.8) is 0 Å². The lowest BCUT2D eigenvalue weighted by Gasteiger charge is -1.98. The Labute approximate surface area is 80.0 Å². The Bertz CT molecular complexity index is 214. The second kappa shape index (κ2) is 8.71. The van der Waals surface area contributed by atoms with Crippen molar-refractivity contribution in [3.8, 4) is 0 Å². The summed E-state index contributed by atoms with van der Waals surface area (Å²) in [7, 11) is 0. The third kappa shape index (κ3) is 7.00. The van der Waals surface area contributed by atoms with Crippen LogP contribution in [0.1, 0.15) is 26.7 Å². The third-order valence-electron chi connectivity index (χ3n) is 1.21. The minimum Gasteiger partial charge on any atom is -0.262 e. The van der Waals surface area contributed by atoms with Crippen molar-refractivity contribution >= 4 is 12.4 Å². The summed E-state index contributed by atoms with van der Waals surface area (Å²) >= 11 is 0. The average molecular weight is 179 g/mol. The molecule has 3 heteroatoms. The minimum absolute atomic E-state index is 0.766. The summed E-state index contributed by atoms with van der Waals surface area (Å²) in [5, 5.41) is 3.97. The molecule has 0 aliphatic rings. The van der Waals surface area contributed by atoms with Gasteiger partial charge in [-0.15, -0.1) is 6.58 Å². The van der Waals surface area contributed by atoms with Gasteiger partial charge in [-0.1, -0.05) is 13.0 Å². The van der Waals surface area contributed by atoms with Crippen LogP contribution in [0, 0.1) is 0 Å². The van der Waals surface area contributed by atoms with Gasteiger partial charge in [0.1, 0.15) is 5.82 Å². The molecule has 13 heavy (non-hydrogen) atoms. The van der Waals surface area contributed by atoms with Crippen LogP contribution >= 0.6 is 0 Å². The van der Waals surface area contributed by atoms with E-state index in [9.17, 15) is 0 Å². The normalized spacial score (nSPS) is 12.6. The molecule has 0 radical (unpaired) electrons. The van der Waals surface area contributed by atoms with Crippen molar-refractivity contribution in [2.45, 2.75) is 26.7 Å². The zero-order chi connectivity index (χ0) is 9.94. The fraction of sp³-hybridized carbons (Fsp3) is 0.400. The first-order valence-electron chi connectivity index (χ1n) is 4.42. The van der Waals surface area contributed by atoms with E-state index in [-0.39, 0.29) is 0 Å². The number of nitrogens with one attached hydrogen (secondary N) is 1. The van der Waals surface area contributed by atoms with Crippen LogP contribution < -0.4 is 5.43 Å². The average Bonchev–Trinajstić information content (AvgIpc) is 2.13. The molecule has 0 amide bonds. The third-order valence-corrected chi connectivity index (χ3v) is 1.21. The number of allylic oxidation sites excluding steroid dienone is 2. The number of hydrogen-bond donors (Lipinski definition) is 1. The molecule has 0 fully saturated rings. The van der Waals surface area contributed by atoms with Crippen LogP contribution in [-0.4, -0.2) is 12.4 Å². The van der Waals surface area contributed by atoms with E-state index < -0.39 is 0 Å². The Hall–Kier alpha value is -1.38. The van der Waals surface area contributed by atoms with Crippen molar-refractivity contribution in [1.82, 2.24) is 5.43 Å². The Kier molecular flexibility index (Phi) is 7.79. The van der Waals surface area contributed by atoms with Crippen LogP contribution in [0.15, 0.2) is 34.6 Å². The van der Waals surface area contributed by atoms with E-state index in [1.165, 1.54) is 0 Å². The first-order chi connectivity index (χ1) is 6.35. The largest absolute Gasteiger partial charge is 0.262 e. The van der Waals surface area contributed by atoms with Gasteiger partial charge in [0.15, 0.2) is 0 Å². The fourth-order valence-corrected chi connectivity index (χ4v) is 0.699. The molecular weight excluding hydrogens is 162 g/mol. The molecule has 0 unspecified atom stereocenters. The molecular formula is C10H17N3. The van der Waals surface area contributed by atoms with Crippen molar-refractivity contribution < 1.29 is 0 Å². The van der Waals surface area contributed by atoms with Crippen molar-refractivity contribution in [3.05, 3.63) is 24.6 Å². The van der Waals surface area contributed by atoms with E-state index >= 15 is 0 Å². The van der Waals surface area contributed by atoms with Gasteiger partial charge in [-0.3, -0.25) is 5.43 Å². The molecule has 0 aromatic rings. The number of aliphatic imine (C=N–C) groups is 1. The predicted molar refractivity (Wildman–Crippen MR) is 59.0 cm³/mol. The van der Waals surface area contributed by atoms with Crippen LogP contribution in [0.25, 0.3) is 0 Å². The Balaban J connectivity index is 3.96. The van der Waals surface area contributed by atoms with E-state index in [0.29, 0.717) is 0 Å². The molecule has 0 aliphatic heterocycles. The summed E-state index contributed by atoms with van der Waals surface area (Å²) in [4.78, 5) is 4.10. The van der Waals surface area contributed by atoms with Gasteiger partial charge < -0.3 is 0 Å². The lowest BCUT2D eigenvalue weighted by atomic mass is 10.4. The van der Waals surface area contributed by atoms with Crippen LogP contribution in [0.2, 0.25) is 0 Å². The molecule has 1 N–H and O–H groups in total. The fourth-order valence-electron chi connectivity index (χ4n) is 0.699. The Morgan fingerprint density at radius 2 is 2.31 bits per heavy atom. The van der Waals surface area contributed by atoms with E-state index in [1.807, 2.05) is 13.0 Å². The maximum atomic E-state index is 4.10. The maximum Gasteiger partial charge on any atom is 0.141 e. The van der Waals surface area contributed by atoms with Crippen molar-refractivity contribution in [2.24, 2.45) is 10.1 Å². The van der Waals surface area contributed by atoms with Gasteiger partial charge in [0.2, 0.25) is 0 Å². The number of hydrazone groups is 1. The topological polar surface area (TPSA) is 36.8 Å². The SMILES string of the molecule is C=CC/C=N/NC(=C/CC)/N=C\C. The highest BCUT2D eigenvalue weighted by Gasteiger charge is 1.85. The van der Waals surface area contributed by atoms with Gasteiger partial charge in [0.25, 0.3) is 0 Å². The summed E-state index contributed by atoms with van der Waals surface area (Å²) in [6.07, 6.45) is 8.96. The van der Waals surface area contributed by atoms with Crippen LogP contribution in [0.5, 0.6) is 0 Å². The number of rotatable bonds is 6. The van der Waals surface area contributed by atoms with Crippen molar-refractivity contribution in [1.29, 1.82) is 0 Å². The van der Waals surface area contributed by atoms with E-state index in [1.54, 1.807) is 18.5 Å². The van der Waals surface area contributed by atoms with E-state index in [4.69, 9.17) is 0 Å². The smallest absolute Gasteiger partial charge is 0.141 e. The lowest BCUT2D eigenvalue weighted by Crippen LogP contribution is -2.03. The summed E-state index contributed by atoms with van der Waals surface area (Å²) in [6.45, 7) is 7.52. The second-order valence-corrected chi connectivity index (χ2v) is 2.33. The number of hydrogen-bond acceptors (Lipinski definition) is 3. The Morgan fingerprint density at radius 1 is 1.54 bits per heavy atom. The maximum absolute atomic E-state index is 4.10. The van der Waals surface area contributed by atoms with Gasteiger partial charge in [0.05, 0.1) is 0 Å². The first-order valence-corrected chi connectivity index (χ1v) is 4.42. The van der Waals surface area contributed by atoms with Crippen LogP contribution in [0.3, 0.4) is 0 Å². The summed E-state index contributed by atoms with van der Waals surface area (Å²) < 4.78 is 0. The summed E-state index contributed by atoms with van der Waals surface area (Å²) in [5.74, 6) is 0.783. The Morgan fingerprint density at radius 3 is 2.85 bits per heavy atom. The molecule has 0 bridgehead atoms. The van der Waals surface area contributed by atoms with Gasteiger partial charge in [0, 0.05) is 18.9 Å². The number of nitrogens with zero attached hydrogens (tertiary/aromatic N) is 2. The van der Waals surface area contributed by atoms with Gasteiger partial charge >= 0.3 is 0 Å². The van der Waals surface area contributed by atoms with E-state index in [0.717, 1.165) is 18.7 Å². The highest BCUT2D eigenvalue weighted by Crippen LogP contribution is 1.92. The standard InChI is InChI=1S/C10H17N3/c1-4-7-9-12-13-10(8-5-2)11-6-3/h4,6,8-9,13H,1,5,7H2,2-3H3/b10-8+,11-6-,12-9+. The molecule has 0 heterocycles. The zero-order valence-electron chi connectivity index (χ0n) is 8.33. The van der Waals surface area contributed by atoms with Gasteiger partial charge in [-0.25, -0.2) is 4.99 Å². The molecule has 72 valence electrons. The molecule has 0 aliphatic carbocycles. The highest BCUT2D eigenvalue weighted by atomic mass is 15.3. The van der Waals surface area contributed by atoms with Crippen LogP contribution in [-0.2, 0) is 0 Å². The molecule has 0 saturated heterocycles. The van der Waals surface area contributed by atoms with Gasteiger partial charge in [-0.05, 0) is 19.4 Å². The predicted octanol–water partition coefficient (Wildman–Crippen LogP) is 2.48. The molecule has 0 saturated carbocycles. The van der Waals surface area contributed by atoms with Crippen LogP contribution in [0.4, 0.5) is 0 Å². The molecule has 0 spiro atoms. The molecule has 0 aromatic heterocycles. The molecule has 3 nitrogen and oxygen atoms in total. The second-order valence-electron chi connectivity index (χ2n) is 2.33. The molecule has 0 atom stereocenters. The zero-order valence-corrected chi connectivity index (χ0v) is 8.33. The molecule has 0 rings (SSSR count). The first kappa shape index (κ1) is 11.6. The van der Waals surface area contributed by atoms with Crippen molar-refractivity contribution in [2.75, 3.05) is 0 Å². The quantitative estimate of drug-likeness (QED) is 0.379. The molecule has 0 aromatic carbocycles. The van der Waals surface area contributed by atoms with E-state index in [2.05, 4.69) is 29.0 Å².